The molecule has 0 aliphatic heterocycles. The van der Waals surface area contributed by atoms with Gasteiger partial charge in [0.05, 0.1) is 10.6 Å². The van der Waals surface area contributed by atoms with Gasteiger partial charge in [-0.1, -0.05) is 35.5 Å². The smallest absolute Gasteiger partial charge is 0.262 e. The van der Waals surface area contributed by atoms with Crippen molar-refractivity contribution in [2.75, 3.05) is 4.72 Å². The lowest BCUT2D eigenvalue weighted by Gasteiger charge is -2.11. The van der Waals surface area contributed by atoms with Crippen LogP contribution in [-0.4, -0.2) is 13.6 Å². The summed E-state index contributed by atoms with van der Waals surface area (Å²) in [6.45, 7) is 5.52. The zero-order valence-corrected chi connectivity index (χ0v) is 14.5. The van der Waals surface area contributed by atoms with E-state index < -0.39 is 10.0 Å². The summed E-state index contributed by atoms with van der Waals surface area (Å²) in [6, 6.07) is 14.0. The number of para-hydroxylation sites is 1. The highest BCUT2D eigenvalue weighted by Crippen LogP contribution is 2.29. The first kappa shape index (κ1) is 16.3. The van der Waals surface area contributed by atoms with E-state index in [1.54, 1.807) is 43.3 Å². The van der Waals surface area contributed by atoms with Gasteiger partial charge < -0.3 is 4.52 Å². The van der Waals surface area contributed by atoms with Crippen LogP contribution < -0.4 is 4.72 Å². The number of nitrogens with one attached hydrogen (secondary N) is 1. The molecule has 5 nitrogen and oxygen atoms in total. The van der Waals surface area contributed by atoms with Gasteiger partial charge >= 0.3 is 0 Å². The molecule has 1 aromatic heterocycles. The molecule has 24 heavy (non-hydrogen) atoms. The molecule has 0 radical (unpaired) electrons. The Morgan fingerprint density at radius 2 is 1.71 bits per heavy atom. The Morgan fingerprint density at radius 3 is 2.33 bits per heavy atom. The summed E-state index contributed by atoms with van der Waals surface area (Å²) in [5, 5.41) is 3.93. The van der Waals surface area contributed by atoms with Gasteiger partial charge in [0, 0.05) is 16.8 Å². The minimum atomic E-state index is -3.69. The fraction of sp³-hybridized carbons (Fsp3) is 0.167. The molecule has 0 unspecified atom stereocenters. The van der Waals surface area contributed by atoms with Crippen LogP contribution in [0.2, 0.25) is 0 Å². The van der Waals surface area contributed by atoms with Crippen molar-refractivity contribution in [2.45, 2.75) is 25.7 Å². The van der Waals surface area contributed by atoms with E-state index >= 15 is 0 Å². The molecule has 124 valence electrons. The first-order valence-corrected chi connectivity index (χ1v) is 8.98. The average molecular weight is 342 g/mol. The summed E-state index contributed by atoms with van der Waals surface area (Å²) < 4.78 is 33.4. The molecule has 0 saturated carbocycles. The lowest BCUT2D eigenvalue weighted by molar-refractivity contribution is 0.427. The quantitative estimate of drug-likeness (QED) is 0.776. The lowest BCUT2D eigenvalue weighted by Crippen LogP contribution is -2.14. The molecule has 1 N–H and O–H groups in total. The predicted molar refractivity (Wildman–Crippen MR) is 93.4 cm³/mol. The van der Waals surface area contributed by atoms with Crippen LogP contribution in [0.3, 0.4) is 0 Å². The molecule has 0 saturated heterocycles. The van der Waals surface area contributed by atoms with Gasteiger partial charge in [0.1, 0.15) is 0 Å². The van der Waals surface area contributed by atoms with Crippen molar-refractivity contribution in [1.82, 2.24) is 5.16 Å². The number of anilines is 1. The van der Waals surface area contributed by atoms with E-state index in [1.807, 2.05) is 26.0 Å². The van der Waals surface area contributed by atoms with Gasteiger partial charge in [-0.2, -0.15) is 0 Å². The number of hydrogen-bond acceptors (Lipinski definition) is 4. The summed E-state index contributed by atoms with van der Waals surface area (Å²) in [6.07, 6.45) is 0. The number of aromatic nitrogens is 1. The van der Waals surface area contributed by atoms with E-state index in [2.05, 4.69) is 9.88 Å². The van der Waals surface area contributed by atoms with Gasteiger partial charge in [-0.15, -0.1) is 0 Å². The predicted octanol–water partition coefficient (Wildman–Crippen LogP) is 4.07. The third kappa shape index (κ3) is 3.05. The molecule has 0 atom stereocenters. The standard InChI is InChI=1S/C18H18N2O3S/c1-12-9-10-15(18-13(2)14(3)19-23-18)11-17(12)24(21,22)20-16-7-5-4-6-8-16/h4-11,20H,1-3H3. The third-order valence-corrected chi connectivity index (χ3v) is 5.45. The minimum absolute atomic E-state index is 0.220. The number of sulfonamides is 1. The van der Waals surface area contributed by atoms with E-state index in [0.29, 0.717) is 22.6 Å². The normalized spacial score (nSPS) is 11.5. The Hall–Kier alpha value is -2.60. The van der Waals surface area contributed by atoms with Gasteiger partial charge in [-0.05, 0) is 44.5 Å². The second-order valence-corrected chi connectivity index (χ2v) is 7.32. The second kappa shape index (κ2) is 6.13. The van der Waals surface area contributed by atoms with Crippen LogP contribution in [0.25, 0.3) is 11.3 Å². The van der Waals surface area contributed by atoms with E-state index in [0.717, 1.165) is 11.3 Å². The summed E-state index contributed by atoms with van der Waals surface area (Å²) >= 11 is 0. The van der Waals surface area contributed by atoms with Crippen molar-refractivity contribution in [3.8, 4) is 11.3 Å². The lowest BCUT2D eigenvalue weighted by atomic mass is 10.1. The zero-order valence-electron chi connectivity index (χ0n) is 13.7. The van der Waals surface area contributed by atoms with Crippen molar-refractivity contribution >= 4 is 15.7 Å². The average Bonchev–Trinajstić information content (AvgIpc) is 2.88. The largest absolute Gasteiger partial charge is 0.356 e. The van der Waals surface area contributed by atoms with Crippen molar-refractivity contribution in [1.29, 1.82) is 0 Å². The van der Waals surface area contributed by atoms with Crippen molar-refractivity contribution < 1.29 is 12.9 Å². The summed E-state index contributed by atoms with van der Waals surface area (Å²) in [5.41, 5.74) is 3.56. The Balaban J connectivity index is 2.04. The van der Waals surface area contributed by atoms with Gasteiger partial charge in [0.2, 0.25) is 0 Å². The molecule has 0 spiro atoms. The topological polar surface area (TPSA) is 72.2 Å². The molecule has 0 amide bonds. The molecule has 2 aromatic carbocycles. The van der Waals surface area contributed by atoms with Gasteiger partial charge in [-0.25, -0.2) is 8.42 Å². The zero-order chi connectivity index (χ0) is 17.3. The van der Waals surface area contributed by atoms with Crippen molar-refractivity contribution in [3.05, 3.63) is 65.4 Å². The molecule has 0 aliphatic carbocycles. The Morgan fingerprint density at radius 1 is 1.00 bits per heavy atom. The van der Waals surface area contributed by atoms with Gasteiger partial charge in [0.15, 0.2) is 5.76 Å². The highest BCUT2D eigenvalue weighted by atomic mass is 32.2. The maximum Gasteiger partial charge on any atom is 0.262 e. The highest BCUT2D eigenvalue weighted by molar-refractivity contribution is 7.92. The number of nitrogens with zero attached hydrogens (tertiary/aromatic N) is 1. The monoisotopic (exact) mass is 342 g/mol. The maximum atomic E-state index is 12.7. The number of hydrogen-bond donors (Lipinski definition) is 1. The van der Waals surface area contributed by atoms with Crippen LogP contribution >= 0.6 is 0 Å². The Labute approximate surface area is 141 Å². The van der Waals surface area contributed by atoms with E-state index in [-0.39, 0.29) is 4.90 Å². The number of benzene rings is 2. The van der Waals surface area contributed by atoms with Crippen LogP contribution in [0.5, 0.6) is 0 Å². The van der Waals surface area contributed by atoms with Crippen LogP contribution in [0.15, 0.2) is 57.9 Å². The Kier molecular flexibility index (Phi) is 4.15. The second-order valence-electron chi connectivity index (χ2n) is 5.67. The van der Waals surface area contributed by atoms with Crippen molar-refractivity contribution in [3.63, 3.8) is 0 Å². The summed E-state index contributed by atoms with van der Waals surface area (Å²) in [4.78, 5) is 0.220. The molecule has 1 heterocycles. The van der Waals surface area contributed by atoms with E-state index in [4.69, 9.17) is 4.52 Å². The fourth-order valence-corrected chi connectivity index (χ4v) is 3.76. The fourth-order valence-electron chi connectivity index (χ4n) is 2.43. The summed E-state index contributed by atoms with van der Waals surface area (Å²) in [7, 11) is -3.69. The maximum absolute atomic E-state index is 12.7. The number of aryl methyl sites for hydroxylation is 2. The van der Waals surface area contributed by atoms with Gasteiger partial charge in [0.25, 0.3) is 10.0 Å². The Bertz CT molecular complexity index is 977. The molecular weight excluding hydrogens is 324 g/mol. The molecule has 3 aromatic rings. The van der Waals surface area contributed by atoms with Crippen LogP contribution in [0.4, 0.5) is 5.69 Å². The molecule has 3 rings (SSSR count). The number of rotatable bonds is 4. The molecule has 0 bridgehead atoms. The van der Waals surface area contributed by atoms with Gasteiger partial charge in [-0.3, -0.25) is 4.72 Å². The molecule has 0 aliphatic rings. The third-order valence-electron chi connectivity index (χ3n) is 3.92. The van der Waals surface area contributed by atoms with Crippen LogP contribution in [-0.2, 0) is 10.0 Å². The van der Waals surface area contributed by atoms with Crippen LogP contribution in [0.1, 0.15) is 16.8 Å². The molecule has 6 heteroatoms. The molecular formula is C18H18N2O3S. The van der Waals surface area contributed by atoms with E-state index in [9.17, 15) is 8.42 Å². The summed E-state index contributed by atoms with van der Waals surface area (Å²) in [5.74, 6) is 0.587. The minimum Gasteiger partial charge on any atom is -0.356 e. The highest BCUT2D eigenvalue weighted by Gasteiger charge is 2.20. The van der Waals surface area contributed by atoms with Crippen molar-refractivity contribution in [2.24, 2.45) is 0 Å². The first-order valence-electron chi connectivity index (χ1n) is 7.50. The SMILES string of the molecule is Cc1ccc(-c2onc(C)c2C)cc1S(=O)(=O)Nc1ccccc1. The van der Waals surface area contributed by atoms with E-state index in [1.165, 1.54) is 0 Å². The first-order chi connectivity index (χ1) is 11.4. The van der Waals surface area contributed by atoms with Crippen LogP contribution in [0, 0.1) is 20.8 Å². The molecule has 0 fully saturated rings.